The molecular weight excluding hydrogens is 204 g/mol. The molecule has 0 aliphatic carbocycles. The van der Waals surface area contributed by atoms with Crippen LogP contribution in [0.4, 0.5) is 0 Å². The van der Waals surface area contributed by atoms with Crippen molar-refractivity contribution in [3.05, 3.63) is 23.0 Å². The number of carboxylic acid groups (broad SMARTS) is 1. The number of dihydropyridines is 1. The third-order valence-electron chi connectivity index (χ3n) is 3.15. The zero-order valence-electron chi connectivity index (χ0n) is 9.55. The average molecular weight is 222 g/mol. The van der Waals surface area contributed by atoms with E-state index in [2.05, 4.69) is 23.6 Å². The van der Waals surface area contributed by atoms with E-state index in [0.29, 0.717) is 6.42 Å². The number of carboxylic acids is 1. The molecule has 0 fully saturated rings. The van der Waals surface area contributed by atoms with Crippen molar-refractivity contribution < 1.29 is 9.90 Å². The van der Waals surface area contributed by atoms with Crippen LogP contribution < -0.4 is 10.6 Å². The summed E-state index contributed by atoms with van der Waals surface area (Å²) >= 11 is 0. The number of aliphatic carboxylic acids is 1. The van der Waals surface area contributed by atoms with Gasteiger partial charge in [0.1, 0.15) is 5.82 Å². The fourth-order valence-electron chi connectivity index (χ4n) is 2.22. The quantitative estimate of drug-likeness (QED) is 0.675. The van der Waals surface area contributed by atoms with E-state index < -0.39 is 5.97 Å². The van der Waals surface area contributed by atoms with Gasteiger partial charge in [-0.15, -0.1) is 0 Å². The molecule has 1 unspecified atom stereocenters. The summed E-state index contributed by atoms with van der Waals surface area (Å²) in [5, 5.41) is 15.4. The van der Waals surface area contributed by atoms with E-state index in [1.54, 1.807) is 0 Å². The smallest absolute Gasteiger partial charge is 0.303 e. The predicted octanol–water partition coefficient (Wildman–Crippen LogP) is 1.36. The SMILES string of the molecule is CC1NC2=C(C=C1CCC(=O)O)CCCN2. The maximum absolute atomic E-state index is 10.6. The van der Waals surface area contributed by atoms with Crippen LogP contribution in [0, 0.1) is 0 Å². The Hall–Kier alpha value is -1.45. The van der Waals surface area contributed by atoms with Crippen molar-refractivity contribution in [2.45, 2.75) is 38.6 Å². The monoisotopic (exact) mass is 222 g/mol. The first-order valence-corrected chi connectivity index (χ1v) is 5.82. The van der Waals surface area contributed by atoms with Gasteiger partial charge in [0.2, 0.25) is 0 Å². The molecule has 0 radical (unpaired) electrons. The van der Waals surface area contributed by atoms with E-state index in [-0.39, 0.29) is 12.5 Å². The minimum absolute atomic E-state index is 0.216. The van der Waals surface area contributed by atoms with Crippen molar-refractivity contribution in [2.24, 2.45) is 0 Å². The molecule has 0 aromatic rings. The Balaban J connectivity index is 2.09. The second kappa shape index (κ2) is 4.60. The largest absolute Gasteiger partial charge is 0.481 e. The van der Waals surface area contributed by atoms with Gasteiger partial charge >= 0.3 is 5.97 Å². The van der Waals surface area contributed by atoms with E-state index in [1.807, 2.05) is 0 Å². The maximum atomic E-state index is 10.6. The van der Waals surface area contributed by atoms with Crippen molar-refractivity contribution in [1.29, 1.82) is 0 Å². The van der Waals surface area contributed by atoms with Crippen LogP contribution in [0.25, 0.3) is 0 Å². The fourth-order valence-corrected chi connectivity index (χ4v) is 2.22. The van der Waals surface area contributed by atoms with Gasteiger partial charge in [0.15, 0.2) is 0 Å². The minimum atomic E-state index is -0.727. The molecule has 0 amide bonds. The number of rotatable bonds is 3. The zero-order valence-corrected chi connectivity index (χ0v) is 9.55. The van der Waals surface area contributed by atoms with Crippen LogP contribution in [0.1, 0.15) is 32.6 Å². The van der Waals surface area contributed by atoms with Gasteiger partial charge in [-0.2, -0.15) is 0 Å². The van der Waals surface area contributed by atoms with Gasteiger partial charge in [-0.25, -0.2) is 0 Å². The molecule has 88 valence electrons. The first-order valence-electron chi connectivity index (χ1n) is 5.82. The van der Waals surface area contributed by atoms with Crippen molar-refractivity contribution in [3.63, 3.8) is 0 Å². The third kappa shape index (κ3) is 2.38. The lowest BCUT2D eigenvalue weighted by atomic mass is 9.93. The van der Waals surface area contributed by atoms with Gasteiger partial charge in [-0.1, -0.05) is 6.08 Å². The van der Waals surface area contributed by atoms with E-state index in [9.17, 15) is 4.79 Å². The summed E-state index contributed by atoms with van der Waals surface area (Å²) in [4.78, 5) is 10.6. The van der Waals surface area contributed by atoms with Crippen LogP contribution in [0.2, 0.25) is 0 Å². The highest BCUT2D eigenvalue weighted by atomic mass is 16.4. The molecule has 2 rings (SSSR count). The molecule has 0 aromatic heterocycles. The van der Waals surface area contributed by atoms with Crippen molar-refractivity contribution in [3.8, 4) is 0 Å². The average Bonchev–Trinajstić information content (AvgIpc) is 2.26. The molecule has 0 aromatic carbocycles. The Labute approximate surface area is 95.4 Å². The number of hydrogen-bond donors (Lipinski definition) is 3. The fraction of sp³-hybridized carbons (Fsp3) is 0.583. The Morgan fingerprint density at radius 1 is 1.62 bits per heavy atom. The van der Waals surface area contributed by atoms with Crippen molar-refractivity contribution in [2.75, 3.05) is 6.54 Å². The lowest BCUT2D eigenvalue weighted by molar-refractivity contribution is -0.136. The molecule has 0 saturated heterocycles. The van der Waals surface area contributed by atoms with E-state index in [0.717, 1.165) is 25.2 Å². The van der Waals surface area contributed by atoms with E-state index >= 15 is 0 Å². The molecule has 4 nitrogen and oxygen atoms in total. The zero-order chi connectivity index (χ0) is 11.5. The first kappa shape index (κ1) is 11.0. The van der Waals surface area contributed by atoms with Gasteiger partial charge in [-0.3, -0.25) is 4.79 Å². The molecule has 2 aliphatic rings. The van der Waals surface area contributed by atoms with E-state index in [4.69, 9.17) is 5.11 Å². The van der Waals surface area contributed by atoms with Gasteiger partial charge in [-0.05, 0) is 37.3 Å². The molecule has 16 heavy (non-hydrogen) atoms. The normalized spacial score (nSPS) is 24.1. The molecule has 0 bridgehead atoms. The Kier molecular flexibility index (Phi) is 3.17. The lowest BCUT2D eigenvalue weighted by Crippen LogP contribution is -2.40. The number of allylic oxidation sites excluding steroid dienone is 2. The number of carbonyl (C=O) groups is 1. The second-order valence-electron chi connectivity index (χ2n) is 4.41. The predicted molar refractivity (Wildman–Crippen MR) is 61.8 cm³/mol. The highest BCUT2D eigenvalue weighted by Gasteiger charge is 2.21. The first-order chi connectivity index (χ1) is 7.66. The van der Waals surface area contributed by atoms with E-state index in [1.165, 1.54) is 11.1 Å². The number of hydrogen-bond acceptors (Lipinski definition) is 3. The van der Waals surface area contributed by atoms with Crippen molar-refractivity contribution >= 4 is 5.97 Å². The van der Waals surface area contributed by atoms with Crippen LogP contribution in [0.15, 0.2) is 23.0 Å². The summed E-state index contributed by atoms with van der Waals surface area (Å²) in [5.41, 5.74) is 2.49. The molecule has 3 N–H and O–H groups in total. The molecule has 0 spiro atoms. The topological polar surface area (TPSA) is 61.4 Å². The Bertz CT molecular complexity index is 358. The third-order valence-corrected chi connectivity index (χ3v) is 3.15. The second-order valence-corrected chi connectivity index (χ2v) is 4.41. The summed E-state index contributed by atoms with van der Waals surface area (Å²) < 4.78 is 0. The standard InChI is InChI=1S/C12H18N2O2/c1-8-9(4-5-11(15)16)7-10-3-2-6-13-12(10)14-8/h7-8,13-14H,2-6H2,1H3,(H,15,16). The summed E-state index contributed by atoms with van der Waals surface area (Å²) in [6.45, 7) is 3.10. The molecule has 2 heterocycles. The summed E-state index contributed by atoms with van der Waals surface area (Å²) in [7, 11) is 0. The van der Waals surface area contributed by atoms with Gasteiger partial charge in [0.05, 0.1) is 0 Å². The Morgan fingerprint density at radius 2 is 2.44 bits per heavy atom. The van der Waals surface area contributed by atoms with Crippen molar-refractivity contribution in [1.82, 2.24) is 10.6 Å². The molecule has 2 aliphatic heterocycles. The van der Waals surface area contributed by atoms with Crippen LogP contribution in [0.3, 0.4) is 0 Å². The number of nitrogens with one attached hydrogen (secondary N) is 2. The van der Waals surface area contributed by atoms with Crippen LogP contribution in [0.5, 0.6) is 0 Å². The summed E-state index contributed by atoms with van der Waals surface area (Å²) in [5.74, 6) is 0.410. The molecule has 0 saturated carbocycles. The van der Waals surface area contributed by atoms with Gasteiger partial charge in [0.25, 0.3) is 0 Å². The van der Waals surface area contributed by atoms with Gasteiger partial charge < -0.3 is 15.7 Å². The van der Waals surface area contributed by atoms with Crippen LogP contribution >= 0.6 is 0 Å². The summed E-state index contributed by atoms with van der Waals surface area (Å²) in [6, 6.07) is 0.240. The highest BCUT2D eigenvalue weighted by Crippen LogP contribution is 2.24. The summed E-state index contributed by atoms with van der Waals surface area (Å²) in [6.07, 6.45) is 5.26. The maximum Gasteiger partial charge on any atom is 0.303 e. The Morgan fingerprint density at radius 3 is 3.19 bits per heavy atom. The minimum Gasteiger partial charge on any atom is -0.481 e. The molecular formula is C12H18N2O2. The lowest BCUT2D eigenvalue weighted by Gasteiger charge is -2.31. The highest BCUT2D eigenvalue weighted by molar-refractivity contribution is 5.67. The molecule has 4 heteroatoms. The van der Waals surface area contributed by atoms with Crippen LogP contribution in [-0.2, 0) is 4.79 Å². The molecule has 1 atom stereocenters. The van der Waals surface area contributed by atoms with Gasteiger partial charge in [0, 0.05) is 19.0 Å². The van der Waals surface area contributed by atoms with Crippen LogP contribution in [-0.4, -0.2) is 23.7 Å².